The number of carbonyl (C=O) groups is 1. The Morgan fingerprint density at radius 2 is 1.83 bits per heavy atom. The van der Waals surface area contributed by atoms with Gasteiger partial charge < -0.3 is 20.3 Å². The fourth-order valence-corrected chi connectivity index (χ4v) is 2.42. The highest BCUT2D eigenvalue weighted by Crippen LogP contribution is 2.17. The summed E-state index contributed by atoms with van der Waals surface area (Å²) in [4.78, 5) is 11.3. The average molecular weight is 329 g/mol. The molecule has 24 heavy (non-hydrogen) atoms. The summed E-state index contributed by atoms with van der Waals surface area (Å²) in [6.45, 7) is 3.06. The predicted octanol–water partition coefficient (Wildman–Crippen LogP) is 2.46. The van der Waals surface area contributed by atoms with E-state index in [-0.39, 0.29) is 6.61 Å². The van der Waals surface area contributed by atoms with Crippen molar-refractivity contribution in [2.75, 3.05) is 19.7 Å². The minimum absolute atomic E-state index is 0.242. The van der Waals surface area contributed by atoms with E-state index in [2.05, 4.69) is 5.32 Å². The molecule has 0 fully saturated rings. The largest absolute Gasteiger partial charge is 0.479 e. The van der Waals surface area contributed by atoms with E-state index in [1.165, 1.54) is 0 Å². The maximum absolute atomic E-state index is 11.3. The van der Waals surface area contributed by atoms with Gasteiger partial charge in [0.25, 0.3) is 0 Å². The number of rotatable bonds is 9. The Morgan fingerprint density at radius 1 is 1.12 bits per heavy atom. The van der Waals surface area contributed by atoms with Crippen LogP contribution in [0.1, 0.15) is 28.9 Å². The predicted molar refractivity (Wildman–Crippen MR) is 91.8 cm³/mol. The highest BCUT2D eigenvalue weighted by atomic mass is 16.5. The van der Waals surface area contributed by atoms with Crippen LogP contribution in [0, 0.1) is 6.92 Å². The molecule has 2 unspecified atom stereocenters. The minimum Gasteiger partial charge on any atom is -0.479 e. The van der Waals surface area contributed by atoms with Crippen LogP contribution >= 0.6 is 0 Å². The van der Waals surface area contributed by atoms with Crippen molar-refractivity contribution < 1.29 is 19.7 Å². The number of hydrogen-bond acceptors (Lipinski definition) is 4. The number of aliphatic hydroxyl groups excluding tert-OH is 1. The topological polar surface area (TPSA) is 78.8 Å². The molecule has 2 rings (SSSR count). The molecule has 0 amide bonds. The van der Waals surface area contributed by atoms with E-state index in [0.29, 0.717) is 18.7 Å². The maximum atomic E-state index is 11.3. The first-order valence-corrected chi connectivity index (χ1v) is 7.92. The van der Waals surface area contributed by atoms with Crippen molar-refractivity contribution in [1.82, 2.24) is 5.32 Å². The van der Waals surface area contributed by atoms with E-state index in [9.17, 15) is 15.0 Å². The van der Waals surface area contributed by atoms with Crippen molar-refractivity contribution in [3.63, 3.8) is 0 Å². The molecule has 3 N–H and O–H groups in total. The third kappa shape index (κ3) is 5.45. The van der Waals surface area contributed by atoms with Crippen LogP contribution in [0.3, 0.4) is 0 Å². The third-order valence-corrected chi connectivity index (χ3v) is 3.65. The molecule has 0 aliphatic carbocycles. The van der Waals surface area contributed by atoms with Gasteiger partial charge >= 0.3 is 5.97 Å². The highest BCUT2D eigenvalue weighted by Gasteiger charge is 2.19. The van der Waals surface area contributed by atoms with Crippen LogP contribution in [-0.2, 0) is 9.53 Å². The van der Waals surface area contributed by atoms with E-state index in [1.54, 1.807) is 24.3 Å². The molecule has 5 nitrogen and oxygen atoms in total. The van der Waals surface area contributed by atoms with Gasteiger partial charge in [-0.05, 0) is 18.1 Å². The second kappa shape index (κ2) is 9.17. The number of carboxylic acid groups (broad SMARTS) is 1. The third-order valence-electron chi connectivity index (χ3n) is 3.65. The number of aliphatic hydroxyl groups is 1. The summed E-state index contributed by atoms with van der Waals surface area (Å²) in [5.74, 6) is -1.01. The van der Waals surface area contributed by atoms with Crippen molar-refractivity contribution in [3.8, 4) is 0 Å². The van der Waals surface area contributed by atoms with Gasteiger partial charge in [0.15, 0.2) is 6.10 Å². The Labute approximate surface area is 141 Å². The SMILES string of the molecule is Cc1cccc(C(O)CNCCOC(C(=O)O)c2ccccc2)c1. The quantitative estimate of drug-likeness (QED) is 0.616. The number of carboxylic acids is 1. The van der Waals surface area contributed by atoms with Gasteiger partial charge in [-0.2, -0.15) is 0 Å². The fourth-order valence-electron chi connectivity index (χ4n) is 2.42. The Balaban J connectivity index is 1.74. The van der Waals surface area contributed by atoms with E-state index in [4.69, 9.17) is 4.74 Å². The Bertz CT molecular complexity index is 645. The van der Waals surface area contributed by atoms with Gasteiger partial charge in [-0.1, -0.05) is 60.2 Å². The molecule has 128 valence electrons. The van der Waals surface area contributed by atoms with Gasteiger partial charge in [0, 0.05) is 13.1 Å². The molecule has 2 aromatic carbocycles. The number of nitrogens with one attached hydrogen (secondary N) is 1. The molecule has 0 heterocycles. The lowest BCUT2D eigenvalue weighted by Crippen LogP contribution is -2.27. The summed E-state index contributed by atoms with van der Waals surface area (Å²) < 4.78 is 5.45. The zero-order chi connectivity index (χ0) is 17.4. The van der Waals surface area contributed by atoms with Gasteiger partial charge in [0.2, 0.25) is 0 Å². The van der Waals surface area contributed by atoms with E-state index in [1.807, 2.05) is 37.3 Å². The fraction of sp³-hybridized carbons (Fsp3) is 0.316. The maximum Gasteiger partial charge on any atom is 0.337 e. The lowest BCUT2D eigenvalue weighted by Gasteiger charge is -2.16. The van der Waals surface area contributed by atoms with Crippen LogP contribution in [0.5, 0.6) is 0 Å². The molecule has 2 aromatic rings. The van der Waals surface area contributed by atoms with E-state index in [0.717, 1.165) is 11.1 Å². The van der Waals surface area contributed by atoms with Gasteiger partial charge in [0.1, 0.15) is 0 Å². The average Bonchev–Trinajstić information content (AvgIpc) is 2.58. The Hall–Kier alpha value is -2.21. The zero-order valence-corrected chi connectivity index (χ0v) is 13.7. The molecular weight excluding hydrogens is 306 g/mol. The molecule has 0 bridgehead atoms. The molecule has 2 atom stereocenters. The Kier molecular flexibility index (Phi) is 6.93. The first-order valence-electron chi connectivity index (χ1n) is 7.92. The second-order valence-corrected chi connectivity index (χ2v) is 5.63. The first-order chi connectivity index (χ1) is 11.6. The number of benzene rings is 2. The minimum atomic E-state index is -1.01. The normalized spacial score (nSPS) is 13.4. The lowest BCUT2D eigenvalue weighted by atomic mass is 10.1. The molecule has 0 radical (unpaired) electrons. The molecule has 0 saturated carbocycles. The van der Waals surface area contributed by atoms with Crippen molar-refractivity contribution in [3.05, 3.63) is 71.3 Å². The van der Waals surface area contributed by atoms with Crippen LogP contribution in [0.2, 0.25) is 0 Å². The molecule has 0 aliphatic rings. The lowest BCUT2D eigenvalue weighted by molar-refractivity contribution is -0.150. The standard InChI is InChI=1S/C19H23NO4/c1-14-6-5-9-16(12-14)17(21)13-20-10-11-24-18(19(22)23)15-7-3-2-4-8-15/h2-9,12,17-18,20-21H,10-11,13H2,1H3,(H,22,23). The summed E-state index contributed by atoms with van der Waals surface area (Å²) in [6, 6.07) is 16.6. The zero-order valence-electron chi connectivity index (χ0n) is 13.7. The smallest absolute Gasteiger partial charge is 0.337 e. The van der Waals surface area contributed by atoms with Crippen molar-refractivity contribution in [2.45, 2.75) is 19.1 Å². The number of aryl methyl sites for hydroxylation is 1. The number of ether oxygens (including phenoxy) is 1. The van der Waals surface area contributed by atoms with Crippen molar-refractivity contribution in [1.29, 1.82) is 0 Å². The summed E-state index contributed by atoms with van der Waals surface area (Å²) >= 11 is 0. The van der Waals surface area contributed by atoms with Crippen LogP contribution in [0.4, 0.5) is 0 Å². The van der Waals surface area contributed by atoms with E-state index < -0.39 is 18.2 Å². The monoisotopic (exact) mass is 329 g/mol. The van der Waals surface area contributed by atoms with Crippen LogP contribution in [0.15, 0.2) is 54.6 Å². The van der Waals surface area contributed by atoms with Crippen LogP contribution in [0.25, 0.3) is 0 Å². The van der Waals surface area contributed by atoms with Crippen molar-refractivity contribution in [2.24, 2.45) is 0 Å². The highest BCUT2D eigenvalue weighted by molar-refractivity contribution is 5.74. The molecule has 5 heteroatoms. The number of hydrogen-bond donors (Lipinski definition) is 3. The second-order valence-electron chi connectivity index (χ2n) is 5.63. The van der Waals surface area contributed by atoms with Crippen LogP contribution < -0.4 is 5.32 Å². The van der Waals surface area contributed by atoms with Gasteiger partial charge in [-0.15, -0.1) is 0 Å². The Morgan fingerprint density at radius 3 is 2.50 bits per heavy atom. The van der Waals surface area contributed by atoms with Crippen LogP contribution in [-0.4, -0.2) is 35.9 Å². The summed E-state index contributed by atoms with van der Waals surface area (Å²) in [5, 5.41) is 22.5. The van der Waals surface area contributed by atoms with Gasteiger partial charge in [-0.3, -0.25) is 0 Å². The van der Waals surface area contributed by atoms with Crippen molar-refractivity contribution >= 4 is 5.97 Å². The van der Waals surface area contributed by atoms with E-state index >= 15 is 0 Å². The molecule has 0 saturated heterocycles. The van der Waals surface area contributed by atoms with Gasteiger partial charge in [0.05, 0.1) is 12.7 Å². The first kappa shape index (κ1) is 18.1. The summed E-state index contributed by atoms with van der Waals surface area (Å²) in [6.07, 6.45) is -1.58. The molecular formula is C19H23NO4. The molecule has 0 aromatic heterocycles. The molecule has 0 aliphatic heterocycles. The summed E-state index contributed by atoms with van der Waals surface area (Å²) in [7, 11) is 0. The van der Waals surface area contributed by atoms with Gasteiger partial charge in [-0.25, -0.2) is 4.79 Å². The summed E-state index contributed by atoms with van der Waals surface area (Å²) in [5.41, 5.74) is 2.57. The molecule has 0 spiro atoms. The number of aliphatic carboxylic acids is 1.